The zero-order valence-corrected chi connectivity index (χ0v) is 11.0. The van der Waals surface area contributed by atoms with Gasteiger partial charge in [-0.15, -0.1) is 0 Å². The molecule has 1 rings (SSSR count). The molecule has 0 aromatic rings. The van der Waals surface area contributed by atoms with E-state index in [9.17, 15) is 4.79 Å². The van der Waals surface area contributed by atoms with E-state index < -0.39 is 9.04 Å². The van der Waals surface area contributed by atoms with E-state index in [2.05, 4.69) is 27.3 Å². The maximum Gasteiger partial charge on any atom is 0.179 e. The van der Waals surface area contributed by atoms with Crippen LogP contribution in [0.5, 0.6) is 0 Å². The maximum absolute atomic E-state index is 11.0. The van der Waals surface area contributed by atoms with Crippen molar-refractivity contribution in [3.05, 3.63) is 0 Å². The Labute approximate surface area is 88.8 Å². The Balaban J connectivity index is 2.34. The molecular formula is C11H22O2Si. The van der Waals surface area contributed by atoms with Crippen LogP contribution in [0.3, 0.4) is 0 Å². The van der Waals surface area contributed by atoms with Gasteiger partial charge in [0.15, 0.2) is 9.04 Å². The smallest absolute Gasteiger partial charge is 0.179 e. The van der Waals surface area contributed by atoms with E-state index in [1.165, 1.54) is 0 Å². The Hall–Kier alpha value is -0.153. The second kappa shape index (κ2) is 4.58. The van der Waals surface area contributed by atoms with Gasteiger partial charge in [-0.3, -0.25) is 4.79 Å². The number of carbonyl (C=O) groups is 1. The molecule has 2 nitrogen and oxygen atoms in total. The van der Waals surface area contributed by atoms with E-state index in [-0.39, 0.29) is 0 Å². The summed E-state index contributed by atoms with van der Waals surface area (Å²) in [4.78, 5) is 11.0. The Morgan fingerprint density at radius 2 is 1.79 bits per heavy atom. The van der Waals surface area contributed by atoms with Crippen LogP contribution < -0.4 is 0 Å². The van der Waals surface area contributed by atoms with Gasteiger partial charge in [-0.1, -0.05) is 20.8 Å². The van der Waals surface area contributed by atoms with Gasteiger partial charge in [0, 0.05) is 18.9 Å². The van der Waals surface area contributed by atoms with Gasteiger partial charge in [-0.25, -0.2) is 0 Å². The number of carbonyl (C=O) groups excluding carboxylic acids is 1. The average Bonchev–Trinajstić information content (AvgIpc) is 2.07. The molecule has 0 aromatic heterocycles. The second-order valence-electron chi connectivity index (χ2n) is 5.38. The molecule has 14 heavy (non-hydrogen) atoms. The molecule has 82 valence electrons. The molecule has 0 spiro atoms. The van der Waals surface area contributed by atoms with E-state index >= 15 is 0 Å². The predicted octanol–water partition coefficient (Wildman–Crippen LogP) is 2.67. The lowest BCUT2D eigenvalue weighted by Crippen LogP contribution is -2.33. The molecule has 0 radical (unpaired) electrons. The van der Waals surface area contributed by atoms with Crippen LogP contribution in [-0.4, -0.2) is 20.9 Å². The summed E-state index contributed by atoms with van der Waals surface area (Å²) in [5.41, 5.74) is 0. The lowest BCUT2D eigenvalue weighted by molar-refractivity contribution is -0.121. The van der Waals surface area contributed by atoms with Crippen molar-refractivity contribution in [2.45, 2.75) is 64.1 Å². The van der Waals surface area contributed by atoms with Gasteiger partial charge in [0.1, 0.15) is 5.78 Å². The molecule has 1 aliphatic carbocycles. The van der Waals surface area contributed by atoms with Crippen LogP contribution >= 0.6 is 0 Å². The SMILES string of the molecule is C[SiH](OC1CCC(=O)CC1)C(C)(C)C. The summed E-state index contributed by atoms with van der Waals surface area (Å²) in [6.07, 6.45) is 3.73. The molecule has 1 atom stereocenters. The fourth-order valence-corrected chi connectivity index (χ4v) is 2.80. The second-order valence-corrected chi connectivity index (χ2v) is 8.67. The standard InChI is InChI=1S/C11H22O2Si/c1-11(2,3)14(4)13-10-7-5-9(12)6-8-10/h10,14H,5-8H2,1-4H3. The molecule has 0 aromatic carbocycles. The fraction of sp³-hybridized carbons (Fsp3) is 0.909. The van der Waals surface area contributed by atoms with Crippen molar-refractivity contribution in [3.63, 3.8) is 0 Å². The van der Waals surface area contributed by atoms with Crippen LogP contribution in [0.4, 0.5) is 0 Å². The molecule has 0 bridgehead atoms. The van der Waals surface area contributed by atoms with Gasteiger partial charge in [0.25, 0.3) is 0 Å². The highest BCUT2D eigenvalue weighted by Gasteiger charge is 2.28. The Bertz CT molecular complexity index is 198. The summed E-state index contributed by atoms with van der Waals surface area (Å²) in [7, 11) is -1.10. The van der Waals surface area contributed by atoms with E-state index in [0.29, 0.717) is 16.9 Å². The van der Waals surface area contributed by atoms with E-state index in [1.54, 1.807) is 0 Å². The number of hydrogen-bond acceptors (Lipinski definition) is 2. The van der Waals surface area contributed by atoms with Crippen LogP contribution in [-0.2, 0) is 9.22 Å². The van der Waals surface area contributed by atoms with Crippen LogP contribution in [0.15, 0.2) is 0 Å². The minimum atomic E-state index is -1.10. The van der Waals surface area contributed by atoms with Crippen molar-refractivity contribution in [2.75, 3.05) is 0 Å². The molecule has 1 aliphatic rings. The number of hydrogen-bond donors (Lipinski definition) is 0. The molecule has 3 heteroatoms. The highest BCUT2D eigenvalue weighted by molar-refractivity contribution is 6.53. The lowest BCUT2D eigenvalue weighted by Gasteiger charge is -2.31. The van der Waals surface area contributed by atoms with Gasteiger partial charge < -0.3 is 4.43 Å². The number of Topliss-reactive ketones (excluding diaryl/α,β-unsaturated/α-hetero) is 1. The summed E-state index contributed by atoms with van der Waals surface area (Å²) in [5.74, 6) is 0.412. The maximum atomic E-state index is 11.0. The largest absolute Gasteiger partial charge is 0.417 e. The highest BCUT2D eigenvalue weighted by atomic mass is 28.3. The van der Waals surface area contributed by atoms with Gasteiger partial charge in [0.05, 0.1) is 0 Å². The predicted molar refractivity (Wildman–Crippen MR) is 61.1 cm³/mol. The quantitative estimate of drug-likeness (QED) is 0.661. The minimum absolute atomic E-state index is 0.335. The van der Waals surface area contributed by atoms with Crippen LogP contribution in [0.2, 0.25) is 11.6 Å². The van der Waals surface area contributed by atoms with Crippen LogP contribution in [0, 0.1) is 0 Å². The van der Waals surface area contributed by atoms with E-state index in [0.717, 1.165) is 25.7 Å². The fourth-order valence-electron chi connectivity index (χ4n) is 1.54. The summed E-state index contributed by atoms with van der Waals surface area (Å²) >= 11 is 0. The Morgan fingerprint density at radius 1 is 1.29 bits per heavy atom. The first kappa shape index (κ1) is 11.9. The van der Waals surface area contributed by atoms with Crippen LogP contribution in [0.1, 0.15) is 46.5 Å². The zero-order chi connectivity index (χ0) is 10.8. The van der Waals surface area contributed by atoms with Crippen molar-refractivity contribution in [1.29, 1.82) is 0 Å². The molecule has 0 heterocycles. The van der Waals surface area contributed by atoms with E-state index in [4.69, 9.17) is 4.43 Å². The van der Waals surface area contributed by atoms with Crippen LogP contribution in [0.25, 0.3) is 0 Å². The first-order valence-corrected chi connectivity index (χ1v) is 7.77. The number of ketones is 1. The third-order valence-electron chi connectivity index (χ3n) is 3.11. The van der Waals surface area contributed by atoms with Crippen molar-refractivity contribution in [3.8, 4) is 0 Å². The summed E-state index contributed by atoms with van der Waals surface area (Å²) in [6, 6.07) is 0. The molecule has 0 amide bonds. The molecule has 1 fully saturated rings. The normalized spacial score (nSPS) is 22.4. The summed E-state index contributed by atoms with van der Waals surface area (Å²) in [5, 5.41) is 0.335. The van der Waals surface area contributed by atoms with Crippen molar-refractivity contribution in [2.24, 2.45) is 0 Å². The van der Waals surface area contributed by atoms with Crippen molar-refractivity contribution >= 4 is 14.8 Å². The minimum Gasteiger partial charge on any atom is -0.417 e. The molecule has 0 N–H and O–H groups in total. The Kier molecular flexibility index (Phi) is 3.90. The van der Waals surface area contributed by atoms with Gasteiger partial charge in [0.2, 0.25) is 0 Å². The first-order valence-electron chi connectivity index (χ1n) is 5.57. The third kappa shape index (κ3) is 3.54. The van der Waals surface area contributed by atoms with Gasteiger partial charge in [-0.05, 0) is 24.4 Å². The third-order valence-corrected chi connectivity index (χ3v) is 6.34. The summed E-state index contributed by atoms with van der Waals surface area (Å²) < 4.78 is 6.09. The molecular weight excluding hydrogens is 192 g/mol. The monoisotopic (exact) mass is 214 g/mol. The molecule has 1 unspecified atom stereocenters. The first-order chi connectivity index (χ1) is 6.39. The van der Waals surface area contributed by atoms with Crippen molar-refractivity contribution in [1.82, 2.24) is 0 Å². The van der Waals surface area contributed by atoms with E-state index in [1.807, 2.05) is 0 Å². The topological polar surface area (TPSA) is 26.3 Å². The van der Waals surface area contributed by atoms with Gasteiger partial charge in [-0.2, -0.15) is 0 Å². The summed E-state index contributed by atoms with van der Waals surface area (Å²) in [6.45, 7) is 9.00. The molecule has 0 saturated heterocycles. The number of rotatable bonds is 2. The highest BCUT2D eigenvalue weighted by Crippen LogP contribution is 2.30. The van der Waals surface area contributed by atoms with Gasteiger partial charge >= 0.3 is 0 Å². The lowest BCUT2D eigenvalue weighted by atomic mass is 9.97. The molecule has 1 saturated carbocycles. The average molecular weight is 214 g/mol. The zero-order valence-electron chi connectivity index (χ0n) is 9.80. The van der Waals surface area contributed by atoms with Crippen molar-refractivity contribution < 1.29 is 9.22 Å². The molecule has 0 aliphatic heterocycles. The Morgan fingerprint density at radius 3 is 2.21 bits per heavy atom.